The Labute approximate surface area is 169 Å². The van der Waals surface area contributed by atoms with Gasteiger partial charge >= 0.3 is 0 Å². The van der Waals surface area contributed by atoms with Gasteiger partial charge in [-0.05, 0) is 17.7 Å². The minimum absolute atomic E-state index is 0.0601. The number of methoxy groups -OCH3 is 1. The van der Waals surface area contributed by atoms with Crippen molar-refractivity contribution in [1.82, 2.24) is 10.2 Å². The molecule has 2 heterocycles. The van der Waals surface area contributed by atoms with Crippen molar-refractivity contribution in [3.05, 3.63) is 75.2 Å². The summed E-state index contributed by atoms with van der Waals surface area (Å²) in [5.41, 5.74) is 8.04. The van der Waals surface area contributed by atoms with Gasteiger partial charge in [0.15, 0.2) is 11.5 Å². The number of hydrogen-bond acceptors (Lipinski definition) is 8. The minimum atomic E-state index is -0.693. The lowest BCUT2D eigenvalue weighted by Crippen LogP contribution is -2.21. The van der Waals surface area contributed by atoms with E-state index in [0.717, 1.165) is 0 Å². The fourth-order valence-electron chi connectivity index (χ4n) is 3.45. The molecule has 1 atom stereocenters. The van der Waals surface area contributed by atoms with E-state index < -0.39 is 10.8 Å². The molecule has 1 aliphatic heterocycles. The summed E-state index contributed by atoms with van der Waals surface area (Å²) in [6.45, 7) is 0. The average Bonchev–Trinajstić information content (AvgIpc) is 3.16. The second kappa shape index (κ2) is 7.14. The lowest BCUT2D eigenvalue weighted by atomic mass is 9.83. The summed E-state index contributed by atoms with van der Waals surface area (Å²) in [7, 11) is 1.41. The lowest BCUT2D eigenvalue weighted by molar-refractivity contribution is -0.384. The van der Waals surface area contributed by atoms with Gasteiger partial charge in [0.05, 0.1) is 29.2 Å². The van der Waals surface area contributed by atoms with E-state index in [1.807, 2.05) is 0 Å². The van der Waals surface area contributed by atoms with Gasteiger partial charge in [-0.15, -0.1) is 5.10 Å². The maximum Gasteiger partial charge on any atom is 0.270 e. The van der Waals surface area contributed by atoms with E-state index in [2.05, 4.69) is 16.3 Å². The van der Waals surface area contributed by atoms with Crippen molar-refractivity contribution in [2.24, 2.45) is 5.73 Å². The summed E-state index contributed by atoms with van der Waals surface area (Å²) in [5, 5.41) is 37.9. The fourth-order valence-corrected chi connectivity index (χ4v) is 3.45. The number of phenolic OH excluding ortho intramolecular Hbond substituents is 1. The number of fused-ring (bicyclic) bond motifs is 1. The number of aromatic hydroxyl groups is 1. The summed E-state index contributed by atoms with van der Waals surface area (Å²) in [5.74, 6) is -0.475. The number of nitro benzene ring substituents is 1. The average molecular weight is 405 g/mol. The highest BCUT2D eigenvalue weighted by Gasteiger charge is 2.36. The van der Waals surface area contributed by atoms with Gasteiger partial charge in [-0.3, -0.25) is 15.2 Å². The molecule has 150 valence electrons. The van der Waals surface area contributed by atoms with E-state index in [-0.39, 0.29) is 34.5 Å². The summed E-state index contributed by atoms with van der Waals surface area (Å²) < 4.78 is 10.7. The fraction of sp³-hybridized carbons (Fsp3) is 0.100. The topological polar surface area (TPSA) is 160 Å². The van der Waals surface area contributed by atoms with Crippen LogP contribution >= 0.6 is 0 Å². The van der Waals surface area contributed by atoms with Crippen LogP contribution in [0, 0.1) is 21.4 Å². The first-order valence-corrected chi connectivity index (χ1v) is 8.72. The molecule has 0 saturated carbocycles. The molecule has 1 aromatic heterocycles. The third kappa shape index (κ3) is 2.94. The van der Waals surface area contributed by atoms with Gasteiger partial charge in [0.25, 0.3) is 5.69 Å². The largest absolute Gasteiger partial charge is 0.504 e. The van der Waals surface area contributed by atoms with Crippen molar-refractivity contribution < 1.29 is 19.5 Å². The Bertz CT molecular complexity index is 1240. The standard InChI is InChI=1S/C20H15N5O5/c1-29-15-8-10(5-6-14(15)26)16-13(9-21)19(22)30-20-17(16)18(23-24-20)11-3-2-4-12(7-11)25(27)28/h2-8,16,26H,22H2,1H3,(H,23,24). The zero-order valence-corrected chi connectivity index (χ0v) is 15.6. The van der Waals surface area contributed by atoms with Gasteiger partial charge in [-0.1, -0.05) is 18.2 Å². The molecule has 10 heteroatoms. The third-order valence-electron chi connectivity index (χ3n) is 4.82. The number of nitrogens with one attached hydrogen (secondary N) is 1. The lowest BCUT2D eigenvalue weighted by Gasteiger charge is -2.24. The number of hydrogen-bond donors (Lipinski definition) is 3. The van der Waals surface area contributed by atoms with Crippen LogP contribution in [0.5, 0.6) is 17.4 Å². The number of aromatic nitrogens is 2. The molecule has 0 saturated heterocycles. The smallest absolute Gasteiger partial charge is 0.270 e. The number of rotatable bonds is 4. The number of nitrogens with two attached hydrogens (primary N) is 1. The Balaban J connectivity index is 1.95. The number of nitro groups is 1. The van der Waals surface area contributed by atoms with Gasteiger partial charge in [0, 0.05) is 17.7 Å². The van der Waals surface area contributed by atoms with Crippen LogP contribution in [-0.4, -0.2) is 27.3 Å². The summed E-state index contributed by atoms with van der Waals surface area (Å²) >= 11 is 0. The van der Waals surface area contributed by atoms with Gasteiger partial charge in [0.2, 0.25) is 11.8 Å². The van der Waals surface area contributed by atoms with Crippen molar-refractivity contribution in [3.8, 4) is 34.7 Å². The number of H-pyrrole nitrogens is 1. The van der Waals surface area contributed by atoms with E-state index in [1.54, 1.807) is 24.3 Å². The van der Waals surface area contributed by atoms with Crippen LogP contribution in [0.3, 0.4) is 0 Å². The molecule has 4 rings (SSSR count). The minimum Gasteiger partial charge on any atom is -0.504 e. The monoisotopic (exact) mass is 405 g/mol. The predicted octanol–water partition coefficient (Wildman–Crippen LogP) is 2.92. The van der Waals surface area contributed by atoms with Crippen LogP contribution in [0.25, 0.3) is 11.3 Å². The number of ether oxygens (including phenoxy) is 2. The molecule has 4 N–H and O–H groups in total. The number of non-ortho nitro benzene ring substituents is 1. The Kier molecular flexibility index (Phi) is 4.48. The number of nitriles is 1. The van der Waals surface area contributed by atoms with Crippen LogP contribution in [0.15, 0.2) is 53.9 Å². The number of aromatic amines is 1. The Hall–Kier alpha value is -4.52. The number of nitrogens with zero attached hydrogens (tertiary/aromatic N) is 3. The molecule has 0 amide bonds. The van der Waals surface area contributed by atoms with Crippen molar-refractivity contribution in [2.45, 2.75) is 5.92 Å². The molecule has 3 aromatic rings. The van der Waals surface area contributed by atoms with Crippen molar-refractivity contribution in [3.63, 3.8) is 0 Å². The molecule has 0 radical (unpaired) electrons. The normalized spacial score (nSPS) is 15.1. The zero-order chi connectivity index (χ0) is 21.4. The Morgan fingerprint density at radius 2 is 2.17 bits per heavy atom. The van der Waals surface area contributed by atoms with Gasteiger partial charge in [0.1, 0.15) is 11.6 Å². The first-order chi connectivity index (χ1) is 14.4. The summed E-state index contributed by atoms with van der Waals surface area (Å²) in [6, 6.07) is 12.7. The third-order valence-corrected chi connectivity index (χ3v) is 4.82. The zero-order valence-electron chi connectivity index (χ0n) is 15.6. The summed E-state index contributed by atoms with van der Waals surface area (Å²) in [4.78, 5) is 10.7. The van der Waals surface area contributed by atoms with Crippen LogP contribution in [0.4, 0.5) is 5.69 Å². The SMILES string of the molecule is COc1cc(C2C(C#N)=C(N)Oc3n[nH]c(-c4cccc([N+](=O)[O-])c4)c32)ccc1O. The second-order valence-electron chi connectivity index (χ2n) is 6.48. The molecule has 2 aromatic carbocycles. The molecular formula is C20H15N5O5. The Morgan fingerprint density at radius 1 is 1.37 bits per heavy atom. The van der Waals surface area contributed by atoms with Gasteiger partial charge in [-0.2, -0.15) is 5.26 Å². The van der Waals surface area contributed by atoms with Crippen molar-refractivity contribution in [2.75, 3.05) is 7.11 Å². The van der Waals surface area contributed by atoms with Gasteiger partial charge < -0.3 is 20.3 Å². The summed E-state index contributed by atoms with van der Waals surface area (Å²) in [6.07, 6.45) is 0. The van der Waals surface area contributed by atoms with Crippen LogP contribution in [0.2, 0.25) is 0 Å². The molecule has 1 aliphatic rings. The molecule has 0 bridgehead atoms. The highest BCUT2D eigenvalue weighted by molar-refractivity contribution is 5.72. The maximum absolute atomic E-state index is 11.2. The second-order valence-corrected chi connectivity index (χ2v) is 6.48. The Morgan fingerprint density at radius 3 is 2.87 bits per heavy atom. The first kappa shape index (κ1) is 18.8. The highest BCUT2D eigenvalue weighted by atomic mass is 16.6. The number of phenols is 1. The van der Waals surface area contributed by atoms with Crippen LogP contribution in [0.1, 0.15) is 17.0 Å². The quantitative estimate of drug-likeness (QED) is 0.441. The predicted molar refractivity (Wildman–Crippen MR) is 105 cm³/mol. The van der Waals surface area contributed by atoms with Gasteiger partial charge in [-0.25, -0.2) is 0 Å². The molecule has 0 fully saturated rings. The van der Waals surface area contributed by atoms with Crippen molar-refractivity contribution in [1.29, 1.82) is 5.26 Å². The van der Waals surface area contributed by atoms with E-state index >= 15 is 0 Å². The molecule has 1 unspecified atom stereocenters. The van der Waals surface area contributed by atoms with E-state index in [0.29, 0.717) is 22.4 Å². The molecule has 10 nitrogen and oxygen atoms in total. The van der Waals surface area contributed by atoms with E-state index in [9.17, 15) is 20.5 Å². The number of allylic oxidation sites excluding steroid dienone is 1. The highest BCUT2D eigenvalue weighted by Crippen LogP contribution is 2.47. The molecule has 0 aliphatic carbocycles. The van der Waals surface area contributed by atoms with Crippen LogP contribution < -0.4 is 15.2 Å². The maximum atomic E-state index is 11.2. The van der Waals surface area contributed by atoms with E-state index in [1.165, 1.54) is 25.3 Å². The molecule has 0 spiro atoms. The van der Waals surface area contributed by atoms with Crippen LogP contribution in [-0.2, 0) is 0 Å². The van der Waals surface area contributed by atoms with Crippen molar-refractivity contribution >= 4 is 5.69 Å². The molecular weight excluding hydrogens is 390 g/mol. The van der Waals surface area contributed by atoms with E-state index in [4.69, 9.17) is 15.2 Å². The first-order valence-electron chi connectivity index (χ1n) is 8.72. The number of benzene rings is 2. The molecule has 30 heavy (non-hydrogen) atoms.